The molecule has 0 aliphatic carbocycles. The van der Waals surface area contributed by atoms with Gasteiger partial charge in [0.05, 0.1) is 17.0 Å². The van der Waals surface area contributed by atoms with E-state index in [0.717, 1.165) is 37.6 Å². The number of anilines is 1. The molecule has 2 aromatic heterocycles. The topological polar surface area (TPSA) is 53.9 Å². The number of hydrogen-bond acceptors (Lipinski definition) is 5. The molecule has 1 N–H and O–H groups in total. The Bertz CT molecular complexity index is 1170. The highest BCUT2D eigenvalue weighted by Gasteiger charge is 2.33. The molecule has 0 unspecified atom stereocenters. The molecule has 34 heavy (non-hydrogen) atoms. The average Bonchev–Trinajstić information content (AvgIpc) is 2.78. The van der Waals surface area contributed by atoms with Crippen molar-refractivity contribution in [3.8, 4) is 0 Å². The molecule has 0 radical (unpaired) electrons. The molecule has 1 aliphatic rings. The number of rotatable bonds is 5. The number of aromatic nitrogens is 3. The molecule has 4 rings (SSSR count). The van der Waals surface area contributed by atoms with Gasteiger partial charge in [-0.15, -0.1) is 0 Å². The van der Waals surface area contributed by atoms with Gasteiger partial charge in [0, 0.05) is 6.04 Å². The maximum Gasteiger partial charge on any atom is 0.416 e. The minimum atomic E-state index is -4.40. The quantitative estimate of drug-likeness (QED) is 0.399. The Morgan fingerprint density at radius 1 is 1.12 bits per heavy atom. The van der Waals surface area contributed by atoms with Crippen LogP contribution < -0.4 is 5.32 Å². The summed E-state index contributed by atoms with van der Waals surface area (Å²) in [5, 5.41) is 4.44. The average molecular weight is 492 g/mol. The molecule has 0 saturated carbocycles. The largest absolute Gasteiger partial charge is 0.416 e. The minimum absolute atomic E-state index is 0.201. The number of piperidine rings is 1. The van der Waals surface area contributed by atoms with E-state index in [0.29, 0.717) is 33.6 Å². The van der Waals surface area contributed by atoms with E-state index >= 15 is 0 Å². The van der Waals surface area contributed by atoms with Gasteiger partial charge in [0.25, 0.3) is 0 Å². The van der Waals surface area contributed by atoms with E-state index in [-0.39, 0.29) is 11.5 Å². The van der Waals surface area contributed by atoms with Crippen molar-refractivity contribution in [2.24, 2.45) is 0 Å². The van der Waals surface area contributed by atoms with Gasteiger partial charge in [-0.3, -0.25) is 0 Å². The molecular weight excluding hydrogens is 463 g/mol. The third-order valence-electron chi connectivity index (χ3n) is 6.81. The van der Waals surface area contributed by atoms with Gasteiger partial charge in [0.1, 0.15) is 17.3 Å². The van der Waals surface area contributed by atoms with E-state index in [1.807, 2.05) is 13.0 Å². The second kappa shape index (κ2) is 9.66. The zero-order valence-electron chi connectivity index (χ0n) is 19.7. The van der Waals surface area contributed by atoms with Gasteiger partial charge < -0.3 is 10.2 Å². The van der Waals surface area contributed by atoms with Crippen LogP contribution in [0.5, 0.6) is 0 Å². The van der Waals surface area contributed by atoms with Gasteiger partial charge in [0.15, 0.2) is 5.65 Å². The number of hydrogen-bond donors (Lipinski definition) is 1. The summed E-state index contributed by atoms with van der Waals surface area (Å²) in [5.41, 5.74) is 1.56. The van der Waals surface area contributed by atoms with Crippen molar-refractivity contribution in [1.29, 1.82) is 0 Å². The first kappa shape index (κ1) is 24.7. The molecule has 3 aromatic rings. The number of fused-ring (bicyclic) bond motifs is 1. The van der Waals surface area contributed by atoms with Crippen LogP contribution in [0.1, 0.15) is 67.8 Å². The molecule has 0 bridgehead atoms. The molecule has 5 nitrogen and oxygen atoms in total. The number of nitrogens with one attached hydrogen (secondary N) is 1. The molecular formula is C25H29ClF3N5. The fourth-order valence-corrected chi connectivity index (χ4v) is 5.11. The van der Waals surface area contributed by atoms with Crippen molar-refractivity contribution in [1.82, 2.24) is 19.9 Å². The Morgan fingerprint density at radius 3 is 2.47 bits per heavy atom. The van der Waals surface area contributed by atoms with Crippen molar-refractivity contribution >= 4 is 28.5 Å². The summed E-state index contributed by atoms with van der Waals surface area (Å²) in [5.74, 6) is 0.815. The van der Waals surface area contributed by atoms with E-state index in [9.17, 15) is 13.2 Å². The smallest absolute Gasteiger partial charge is 0.363 e. The second-order valence-electron chi connectivity index (χ2n) is 9.25. The molecule has 1 fully saturated rings. The van der Waals surface area contributed by atoms with Gasteiger partial charge in [-0.1, -0.05) is 23.7 Å². The Kier molecular flexibility index (Phi) is 7.01. The lowest BCUT2D eigenvalue weighted by Gasteiger charge is -2.35. The first-order valence-corrected chi connectivity index (χ1v) is 11.9. The SMILES string of the molecule is Cc1c([C@@H](C)Nc2ncnc3nc(Cl)c(C4CCN(C(C)C)CC4)cc23)cccc1C(F)(F)F. The lowest BCUT2D eigenvalue weighted by molar-refractivity contribution is -0.138. The number of halogens is 4. The van der Waals surface area contributed by atoms with Crippen LogP contribution >= 0.6 is 11.6 Å². The highest BCUT2D eigenvalue weighted by molar-refractivity contribution is 6.30. The van der Waals surface area contributed by atoms with E-state index in [1.165, 1.54) is 19.3 Å². The Hall–Kier alpha value is -2.45. The Morgan fingerprint density at radius 2 is 1.82 bits per heavy atom. The standard InChI is InChI=1S/C25H29ClF3N5/c1-14(2)34-10-8-17(9-11-34)19-12-20-23(30-13-31-24(20)33-22(19)26)32-16(4)18-6-5-7-21(15(18)3)25(27,28)29/h5-7,12-14,16-17H,8-11H2,1-4H3,(H,30,31,32,33)/t16-/m1/s1. The van der Waals surface area contributed by atoms with E-state index in [1.54, 1.807) is 6.07 Å². The van der Waals surface area contributed by atoms with Crippen molar-refractivity contribution in [3.05, 3.63) is 58.0 Å². The highest BCUT2D eigenvalue weighted by atomic mass is 35.5. The normalized spacial score (nSPS) is 16.9. The van der Waals surface area contributed by atoms with Crippen LogP contribution in [0.15, 0.2) is 30.6 Å². The Balaban J connectivity index is 1.65. The van der Waals surface area contributed by atoms with Crippen LogP contribution in [0.25, 0.3) is 11.0 Å². The monoisotopic (exact) mass is 491 g/mol. The van der Waals surface area contributed by atoms with Crippen LogP contribution in [0.3, 0.4) is 0 Å². The van der Waals surface area contributed by atoms with Crippen molar-refractivity contribution in [2.75, 3.05) is 18.4 Å². The van der Waals surface area contributed by atoms with E-state index in [4.69, 9.17) is 11.6 Å². The number of benzene rings is 1. The maximum absolute atomic E-state index is 13.4. The fraction of sp³-hybridized carbons (Fsp3) is 0.480. The zero-order valence-corrected chi connectivity index (χ0v) is 20.5. The first-order chi connectivity index (χ1) is 16.1. The van der Waals surface area contributed by atoms with Crippen LogP contribution in [-0.2, 0) is 6.18 Å². The van der Waals surface area contributed by atoms with Crippen LogP contribution in [-0.4, -0.2) is 39.0 Å². The minimum Gasteiger partial charge on any atom is -0.363 e. The molecule has 1 saturated heterocycles. The summed E-state index contributed by atoms with van der Waals surface area (Å²) in [6, 6.07) is 6.34. The first-order valence-electron chi connectivity index (χ1n) is 11.5. The van der Waals surface area contributed by atoms with E-state index < -0.39 is 17.8 Å². The van der Waals surface area contributed by atoms with Crippen molar-refractivity contribution in [3.63, 3.8) is 0 Å². The van der Waals surface area contributed by atoms with Gasteiger partial charge in [-0.25, -0.2) is 15.0 Å². The lowest BCUT2D eigenvalue weighted by atomic mass is 9.89. The van der Waals surface area contributed by atoms with Crippen LogP contribution in [0, 0.1) is 6.92 Å². The summed E-state index contributed by atoms with van der Waals surface area (Å²) in [7, 11) is 0. The predicted molar refractivity (Wildman–Crippen MR) is 129 cm³/mol. The molecule has 9 heteroatoms. The number of likely N-dealkylation sites (tertiary alicyclic amines) is 1. The number of nitrogens with zero attached hydrogens (tertiary/aromatic N) is 4. The molecule has 0 amide bonds. The number of alkyl halides is 3. The summed E-state index contributed by atoms with van der Waals surface area (Å²) < 4.78 is 40.2. The van der Waals surface area contributed by atoms with E-state index in [2.05, 4.69) is 39.0 Å². The lowest BCUT2D eigenvalue weighted by Crippen LogP contribution is -2.37. The Labute approximate surface area is 202 Å². The predicted octanol–water partition coefficient (Wildman–Crippen LogP) is 6.77. The molecule has 3 heterocycles. The summed E-state index contributed by atoms with van der Waals surface area (Å²) in [4.78, 5) is 15.6. The van der Waals surface area contributed by atoms with Crippen LogP contribution in [0.2, 0.25) is 5.15 Å². The summed E-state index contributed by atoms with van der Waals surface area (Å²) in [6.07, 6.45) is -1.04. The molecule has 182 valence electrons. The maximum atomic E-state index is 13.4. The zero-order chi connectivity index (χ0) is 24.6. The van der Waals surface area contributed by atoms with Crippen molar-refractivity contribution in [2.45, 2.75) is 64.7 Å². The summed E-state index contributed by atoms with van der Waals surface area (Å²) in [6.45, 7) is 9.72. The summed E-state index contributed by atoms with van der Waals surface area (Å²) >= 11 is 6.56. The van der Waals surface area contributed by atoms with Crippen molar-refractivity contribution < 1.29 is 13.2 Å². The van der Waals surface area contributed by atoms with Crippen LogP contribution in [0.4, 0.5) is 19.0 Å². The fourth-order valence-electron chi connectivity index (χ4n) is 4.82. The molecule has 1 aliphatic heterocycles. The van der Waals surface area contributed by atoms with Gasteiger partial charge >= 0.3 is 6.18 Å². The highest BCUT2D eigenvalue weighted by Crippen LogP contribution is 2.37. The molecule has 1 aromatic carbocycles. The number of pyridine rings is 1. The molecule has 0 spiro atoms. The molecule has 1 atom stereocenters. The van der Waals surface area contributed by atoms with Gasteiger partial charge in [0.2, 0.25) is 0 Å². The second-order valence-corrected chi connectivity index (χ2v) is 9.61. The third-order valence-corrected chi connectivity index (χ3v) is 7.11. The van der Waals surface area contributed by atoms with Gasteiger partial charge in [-0.05, 0) is 88.4 Å². The van der Waals surface area contributed by atoms with Gasteiger partial charge in [-0.2, -0.15) is 13.2 Å². The third kappa shape index (κ3) is 4.98.